The van der Waals surface area contributed by atoms with Crippen LogP contribution >= 0.6 is 24.0 Å². The van der Waals surface area contributed by atoms with E-state index < -0.39 is 0 Å². The maximum atomic E-state index is 5.40. The Labute approximate surface area is 84.3 Å². The highest BCUT2D eigenvalue weighted by molar-refractivity contribution is 8.22. The Kier molecular flexibility index (Phi) is 7.33. The summed E-state index contributed by atoms with van der Waals surface area (Å²) in [6, 6.07) is 0. The molecule has 0 N–H and O–H groups in total. The van der Waals surface area contributed by atoms with Crippen molar-refractivity contribution >= 4 is 28.4 Å². The second-order valence-electron chi connectivity index (χ2n) is 2.24. The van der Waals surface area contributed by atoms with E-state index in [1.165, 1.54) is 11.8 Å². The first-order valence-electron chi connectivity index (χ1n) is 3.91. The minimum atomic E-state index is -0.0139. The fourth-order valence-electron chi connectivity index (χ4n) is 0.748. The molecule has 1 unspecified atom stereocenters. The van der Waals surface area contributed by atoms with Crippen molar-refractivity contribution < 1.29 is 4.74 Å². The number of thiocarbonyl (C=S) groups is 1. The van der Waals surface area contributed by atoms with Gasteiger partial charge in [-0.05, 0) is 31.8 Å². The normalized spacial score (nSPS) is 11.2. The summed E-state index contributed by atoms with van der Waals surface area (Å²) < 4.78 is 5.98. The molecule has 0 saturated carbocycles. The Morgan fingerprint density at radius 2 is 2.33 bits per heavy atom. The lowest BCUT2D eigenvalue weighted by Gasteiger charge is -2.11. The Balaban J connectivity index is 3.91. The highest BCUT2D eigenvalue weighted by atomic mass is 32.2. The Hall–Kier alpha value is -0.200. The first kappa shape index (κ1) is 11.8. The maximum absolute atomic E-state index is 5.40. The Morgan fingerprint density at radius 3 is 2.75 bits per heavy atom. The molecule has 0 amide bonds. The van der Waals surface area contributed by atoms with Crippen molar-refractivity contribution in [2.45, 2.75) is 32.8 Å². The second kappa shape index (κ2) is 7.45. The van der Waals surface area contributed by atoms with E-state index in [1.54, 1.807) is 0 Å². The summed E-state index contributed by atoms with van der Waals surface area (Å²) in [7, 11) is 0. The summed E-state index contributed by atoms with van der Waals surface area (Å²) in [5.74, 6) is 5.81. The van der Waals surface area contributed by atoms with Gasteiger partial charge in [0.15, 0.2) is 6.10 Å². The monoisotopic (exact) mass is 202 g/mol. The van der Waals surface area contributed by atoms with Gasteiger partial charge in [-0.25, -0.2) is 0 Å². The zero-order chi connectivity index (χ0) is 9.40. The van der Waals surface area contributed by atoms with Crippen LogP contribution in [0.1, 0.15) is 26.7 Å². The summed E-state index contributed by atoms with van der Waals surface area (Å²) >= 11 is 6.38. The fourth-order valence-corrected chi connectivity index (χ4v) is 1.08. The van der Waals surface area contributed by atoms with Crippen LogP contribution in [0.3, 0.4) is 0 Å². The lowest BCUT2D eigenvalue weighted by Crippen LogP contribution is -2.12. The molecule has 0 fully saturated rings. The van der Waals surface area contributed by atoms with Crippen LogP contribution in [0.2, 0.25) is 0 Å². The van der Waals surface area contributed by atoms with E-state index in [1.807, 2.05) is 13.2 Å². The highest BCUT2D eigenvalue weighted by Crippen LogP contribution is 2.07. The first-order chi connectivity index (χ1) is 5.74. The van der Waals surface area contributed by atoms with Gasteiger partial charge in [-0.15, -0.1) is 5.92 Å². The Bertz CT molecular complexity index is 190. The van der Waals surface area contributed by atoms with Crippen LogP contribution in [0.5, 0.6) is 0 Å². The van der Waals surface area contributed by atoms with Crippen molar-refractivity contribution in [3.05, 3.63) is 0 Å². The van der Waals surface area contributed by atoms with Gasteiger partial charge < -0.3 is 4.74 Å². The van der Waals surface area contributed by atoms with Crippen LogP contribution in [0.25, 0.3) is 0 Å². The molecule has 0 aliphatic heterocycles. The van der Waals surface area contributed by atoms with Crippen LogP contribution in [0, 0.1) is 11.8 Å². The van der Waals surface area contributed by atoms with Gasteiger partial charge in [-0.3, -0.25) is 0 Å². The van der Waals surface area contributed by atoms with Gasteiger partial charge >= 0.3 is 0 Å². The van der Waals surface area contributed by atoms with Gasteiger partial charge in [-0.1, -0.05) is 31.0 Å². The van der Waals surface area contributed by atoms with Gasteiger partial charge in [0.05, 0.1) is 0 Å². The molecule has 3 heteroatoms. The van der Waals surface area contributed by atoms with E-state index >= 15 is 0 Å². The predicted octanol–water partition coefficient (Wildman–Crippen LogP) is 2.84. The van der Waals surface area contributed by atoms with Gasteiger partial charge in [0, 0.05) is 0 Å². The minimum Gasteiger partial charge on any atom is -0.462 e. The second-order valence-corrected chi connectivity index (χ2v) is 3.65. The molecule has 0 rings (SSSR count). The molecule has 68 valence electrons. The standard InChI is InChI=1S/C9H14OS2/c1-4-6-8(7-5-2)10-9(11)12-3/h8H,4,6H2,1-3H3. The van der Waals surface area contributed by atoms with E-state index in [0.717, 1.165) is 12.8 Å². The molecule has 1 atom stereocenters. The zero-order valence-electron chi connectivity index (χ0n) is 7.72. The van der Waals surface area contributed by atoms with Gasteiger partial charge in [-0.2, -0.15) is 0 Å². The topological polar surface area (TPSA) is 9.23 Å². The van der Waals surface area contributed by atoms with E-state index in [-0.39, 0.29) is 6.10 Å². The van der Waals surface area contributed by atoms with Crippen molar-refractivity contribution in [1.29, 1.82) is 0 Å². The van der Waals surface area contributed by atoms with Crippen LogP contribution in [-0.2, 0) is 4.74 Å². The van der Waals surface area contributed by atoms with Gasteiger partial charge in [0.1, 0.15) is 0 Å². The van der Waals surface area contributed by atoms with Crippen LogP contribution in [-0.4, -0.2) is 16.7 Å². The lowest BCUT2D eigenvalue weighted by molar-refractivity contribution is 0.247. The molecule has 0 aliphatic rings. The van der Waals surface area contributed by atoms with Crippen molar-refractivity contribution in [1.82, 2.24) is 0 Å². The molecule has 0 spiro atoms. The SMILES string of the molecule is CC#CC(CCC)OC(=S)SC. The average Bonchev–Trinajstić information content (AvgIpc) is 2.05. The molecule has 12 heavy (non-hydrogen) atoms. The number of ether oxygens (including phenoxy) is 1. The van der Waals surface area contributed by atoms with Crippen molar-refractivity contribution in [3.63, 3.8) is 0 Å². The summed E-state index contributed by atoms with van der Waals surface area (Å²) in [5, 5.41) is 0. The summed E-state index contributed by atoms with van der Waals surface area (Å²) in [5.41, 5.74) is 0. The predicted molar refractivity (Wildman–Crippen MR) is 59.3 cm³/mol. The molecule has 0 radical (unpaired) electrons. The number of thioether (sulfide) groups is 1. The maximum Gasteiger partial charge on any atom is 0.220 e. The largest absolute Gasteiger partial charge is 0.462 e. The quantitative estimate of drug-likeness (QED) is 0.514. The smallest absolute Gasteiger partial charge is 0.220 e. The van der Waals surface area contributed by atoms with Crippen molar-refractivity contribution in [2.24, 2.45) is 0 Å². The Morgan fingerprint density at radius 1 is 1.67 bits per heavy atom. The first-order valence-corrected chi connectivity index (χ1v) is 5.54. The molecule has 0 aromatic heterocycles. The zero-order valence-corrected chi connectivity index (χ0v) is 9.35. The van der Waals surface area contributed by atoms with E-state index in [9.17, 15) is 0 Å². The van der Waals surface area contributed by atoms with E-state index in [2.05, 4.69) is 18.8 Å². The molecule has 0 saturated heterocycles. The van der Waals surface area contributed by atoms with E-state index in [4.69, 9.17) is 17.0 Å². The van der Waals surface area contributed by atoms with Crippen molar-refractivity contribution in [2.75, 3.05) is 6.26 Å². The molecule has 0 aliphatic carbocycles. The third kappa shape index (κ3) is 5.45. The van der Waals surface area contributed by atoms with Gasteiger partial charge in [0.25, 0.3) is 0 Å². The van der Waals surface area contributed by atoms with Gasteiger partial charge in [0.2, 0.25) is 4.38 Å². The molecule has 0 heterocycles. The third-order valence-corrected chi connectivity index (χ3v) is 2.29. The van der Waals surface area contributed by atoms with Crippen LogP contribution in [0.15, 0.2) is 0 Å². The van der Waals surface area contributed by atoms with Crippen LogP contribution in [0.4, 0.5) is 0 Å². The van der Waals surface area contributed by atoms with Crippen LogP contribution < -0.4 is 0 Å². The molecular weight excluding hydrogens is 188 g/mol. The van der Waals surface area contributed by atoms with E-state index in [0.29, 0.717) is 4.38 Å². The fraction of sp³-hybridized carbons (Fsp3) is 0.667. The molecule has 0 bridgehead atoms. The lowest BCUT2D eigenvalue weighted by atomic mass is 10.2. The minimum absolute atomic E-state index is 0.0139. The molecule has 0 aromatic carbocycles. The third-order valence-electron chi connectivity index (χ3n) is 1.26. The number of hydrogen-bond donors (Lipinski definition) is 0. The number of hydrogen-bond acceptors (Lipinski definition) is 3. The molecule has 1 nitrogen and oxygen atoms in total. The summed E-state index contributed by atoms with van der Waals surface area (Å²) in [4.78, 5) is 0. The number of rotatable bonds is 3. The highest BCUT2D eigenvalue weighted by Gasteiger charge is 2.06. The summed E-state index contributed by atoms with van der Waals surface area (Å²) in [6.45, 7) is 3.92. The van der Waals surface area contributed by atoms with Crippen molar-refractivity contribution in [3.8, 4) is 11.8 Å². The molecule has 0 aromatic rings. The molecular formula is C9H14OS2. The average molecular weight is 202 g/mol. The summed E-state index contributed by atoms with van der Waals surface area (Å²) in [6.07, 6.45) is 3.91.